The molecule has 0 saturated carbocycles. The molecule has 0 atom stereocenters. The van der Waals surface area contributed by atoms with Crippen LogP contribution in [0.1, 0.15) is 6.42 Å². The fraction of sp³-hybridized carbons (Fsp3) is 0.250. The van der Waals surface area contributed by atoms with E-state index in [2.05, 4.69) is 14.9 Å². The summed E-state index contributed by atoms with van der Waals surface area (Å²) in [5, 5.41) is 8.47. The number of thioether (sulfide) groups is 1. The molecule has 0 aliphatic heterocycles. The molecule has 0 radical (unpaired) electrons. The van der Waals surface area contributed by atoms with Crippen molar-refractivity contribution in [3.63, 3.8) is 0 Å². The Morgan fingerprint density at radius 2 is 2.21 bits per heavy atom. The highest BCUT2D eigenvalue weighted by atomic mass is 32.2. The monoisotopic (exact) mass is 298 g/mol. The molecule has 2 rings (SSSR count). The Kier molecular flexibility index (Phi) is 4.86. The number of benzene rings is 1. The van der Waals surface area contributed by atoms with Crippen LogP contribution in [0.4, 0.5) is 4.39 Å². The zero-order valence-electron chi connectivity index (χ0n) is 10.1. The van der Waals surface area contributed by atoms with Crippen molar-refractivity contribution < 1.29 is 13.9 Å². The molecule has 0 saturated heterocycles. The topological polar surface area (TPSA) is 52.1 Å². The lowest BCUT2D eigenvalue weighted by atomic mass is 10.2. The van der Waals surface area contributed by atoms with Gasteiger partial charge in [-0.05, 0) is 12.1 Å². The second-order valence-electron chi connectivity index (χ2n) is 3.53. The number of halogens is 1. The number of esters is 1. The van der Waals surface area contributed by atoms with E-state index in [1.165, 1.54) is 36.3 Å². The van der Waals surface area contributed by atoms with Crippen LogP contribution < -0.4 is 0 Å². The highest BCUT2D eigenvalue weighted by Gasteiger charge is 2.11. The number of hydrogen-bond donors (Lipinski definition) is 0. The average molecular weight is 298 g/mol. The Bertz CT molecular complexity index is 574. The van der Waals surface area contributed by atoms with E-state index < -0.39 is 0 Å². The normalized spacial score (nSPS) is 10.4. The molecule has 100 valence electrons. The standard InChI is InChI=1S/C12H11FN2O2S2/c1-17-10(16)6-7-18-12-15-14-11(19-12)8-4-2-3-5-9(8)13/h2-5H,6-7H2,1H3. The molecule has 1 heterocycles. The quantitative estimate of drug-likeness (QED) is 0.627. The van der Waals surface area contributed by atoms with Gasteiger partial charge in [0, 0.05) is 11.3 Å². The Hall–Kier alpha value is -1.47. The predicted octanol–water partition coefficient (Wildman–Crippen LogP) is 3.00. The van der Waals surface area contributed by atoms with Gasteiger partial charge in [0.1, 0.15) is 5.82 Å². The van der Waals surface area contributed by atoms with Crippen molar-refractivity contribution in [1.29, 1.82) is 0 Å². The number of aromatic nitrogens is 2. The summed E-state index contributed by atoms with van der Waals surface area (Å²) in [6.07, 6.45) is 0.315. The van der Waals surface area contributed by atoms with Crippen molar-refractivity contribution in [2.45, 2.75) is 10.8 Å². The average Bonchev–Trinajstić information content (AvgIpc) is 2.87. The molecular weight excluding hydrogens is 287 g/mol. The third-order valence-corrected chi connectivity index (χ3v) is 4.36. The van der Waals surface area contributed by atoms with Gasteiger partial charge in [0.25, 0.3) is 0 Å². The molecule has 1 aromatic carbocycles. The fourth-order valence-electron chi connectivity index (χ4n) is 1.34. The van der Waals surface area contributed by atoms with Crippen molar-refractivity contribution >= 4 is 29.1 Å². The number of ether oxygens (including phenoxy) is 1. The van der Waals surface area contributed by atoms with Crippen molar-refractivity contribution in [1.82, 2.24) is 10.2 Å². The number of hydrogen-bond acceptors (Lipinski definition) is 6. The lowest BCUT2D eigenvalue weighted by Crippen LogP contribution is -2.00. The highest BCUT2D eigenvalue weighted by molar-refractivity contribution is 8.01. The lowest BCUT2D eigenvalue weighted by Gasteiger charge is -1.96. The maximum absolute atomic E-state index is 13.6. The number of methoxy groups -OCH3 is 1. The summed E-state index contributed by atoms with van der Waals surface area (Å²) in [4.78, 5) is 11.0. The van der Waals surface area contributed by atoms with E-state index in [9.17, 15) is 9.18 Å². The zero-order chi connectivity index (χ0) is 13.7. The maximum Gasteiger partial charge on any atom is 0.306 e. The summed E-state index contributed by atoms with van der Waals surface area (Å²) in [6, 6.07) is 6.44. The SMILES string of the molecule is COC(=O)CCSc1nnc(-c2ccccc2F)s1. The minimum absolute atomic E-state index is 0.258. The van der Waals surface area contributed by atoms with E-state index in [0.717, 1.165) is 0 Å². The van der Waals surface area contributed by atoms with Crippen LogP contribution in [0.5, 0.6) is 0 Å². The molecule has 0 unspecified atom stereocenters. The predicted molar refractivity (Wildman–Crippen MR) is 72.7 cm³/mol. The number of carbonyl (C=O) groups is 1. The van der Waals surface area contributed by atoms with Crippen LogP contribution in [-0.2, 0) is 9.53 Å². The van der Waals surface area contributed by atoms with Gasteiger partial charge in [-0.1, -0.05) is 35.2 Å². The smallest absolute Gasteiger partial charge is 0.306 e. The molecule has 0 spiro atoms. The van der Waals surface area contributed by atoms with Gasteiger partial charge in [-0.3, -0.25) is 4.79 Å². The molecule has 1 aromatic heterocycles. The summed E-state index contributed by atoms with van der Waals surface area (Å²) in [5.41, 5.74) is 0.444. The maximum atomic E-state index is 13.6. The third kappa shape index (κ3) is 3.74. The Balaban J connectivity index is 2.00. The first-order valence-electron chi connectivity index (χ1n) is 5.48. The van der Waals surface area contributed by atoms with Crippen LogP contribution in [0.2, 0.25) is 0 Å². The minimum atomic E-state index is -0.315. The summed E-state index contributed by atoms with van der Waals surface area (Å²) in [6.45, 7) is 0. The first-order valence-corrected chi connectivity index (χ1v) is 7.29. The van der Waals surface area contributed by atoms with E-state index >= 15 is 0 Å². The van der Waals surface area contributed by atoms with Gasteiger partial charge in [0.2, 0.25) is 0 Å². The third-order valence-electron chi connectivity index (χ3n) is 2.27. The molecule has 19 heavy (non-hydrogen) atoms. The van der Waals surface area contributed by atoms with Gasteiger partial charge in [0.05, 0.1) is 13.5 Å². The summed E-state index contributed by atoms with van der Waals surface area (Å²) >= 11 is 2.72. The molecule has 0 amide bonds. The summed E-state index contributed by atoms with van der Waals surface area (Å²) in [7, 11) is 1.36. The fourth-order valence-corrected chi connectivity index (χ4v) is 3.20. The van der Waals surface area contributed by atoms with Crippen LogP contribution >= 0.6 is 23.1 Å². The van der Waals surface area contributed by atoms with E-state index in [1.807, 2.05) is 0 Å². The van der Waals surface area contributed by atoms with Crippen LogP contribution in [0, 0.1) is 5.82 Å². The lowest BCUT2D eigenvalue weighted by molar-refractivity contribution is -0.140. The molecule has 2 aromatic rings. The zero-order valence-corrected chi connectivity index (χ0v) is 11.8. The van der Waals surface area contributed by atoms with Crippen LogP contribution in [0.3, 0.4) is 0 Å². The Morgan fingerprint density at radius 3 is 2.95 bits per heavy atom. The van der Waals surface area contributed by atoms with Crippen LogP contribution in [0.15, 0.2) is 28.6 Å². The largest absolute Gasteiger partial charge is 0.469 e. The van der Waals surface area contributed by atoms with E-state index in [4.69, 9.17) is 0 Å². The van der Waals surface area contributed by atoms with Gasteiger partial charge in [-0.25, -0.2) is 4.39 Å². The van der Waals surface area contributed by atoms with Crippen molar-refractivity contribution in [2.75, 3.05) is 12.9 Å². The first kappa shape index (κ1) is 14.0. The van der Waals surface area contributed by atoms with Crippen molar-refractivity contribution in [3.05, 3.63) is 30.1 Å². The summed E-state index contributed by atoms with van der Waals surface area (Å²) in [5.74, 6) is -0.00502. The second-order valence-corrected chi connectivity index (χ2v) is 5.85. The van der Waals surface area contributed by atoms with Crippen LogP contribution in [-0.4, -0.2) is 29.0 Å². The minimum Gasteiger partial charge on any atom is -0.469 e. The van der Waals surface area contributed by atoms with Gasteiger partial charge in [-0.15, -0.1) is 10.2 Å². The Morgan fingerprint density at radius 1 is 1.42 bits per heavy atom. The number of carbonyl (C=O) groups excluding carboxylic acids is 1. The Labute approximate surface area is 118 Å². The molecule has 7 heteroatoms. The van der Waals surface area contributed by atoms with Gasteiger partial charge in [-0.2, -0.15) is 0 Å². The van der Waals surface area contributed by atoms with Crippen molar-refractivity contribution in [3.8, 4) is 10.6 Å². The van der Waals surface area contributed by atoms with Crippen molar-refractivity contribution in [2.24, 2.45) is 0 Å². The molecule has 0 aliphatic carbocycles. The molecule has 0 N–H and O–H groups in total. The molecule has 0 bridgehead atoms. The van der Waals surface area contributed by atoms with Gasteiger partial charge < -0.3 is 4.74 Å². The molecular formula is C12H11FN2O2S2. The molecule has 4 nitrogen and oxygen atoms in total. The van der Waals surface area contributed by atoms with Gasteiger partial charge >= 0.3 is 5.97 Å². The van der Waals surface area contributed by atoms with Gasteiger partial charge in [0.15, 0.2) is 9.35 Å². The highest BCUT2D eigenvalue weighted by Crippen LogP contribution is 2.30. The first-order chi connectivity index (χ1) is 9.20. The molecule has 0 fully saturated rings. The molecule has 0 aliphatic rings. The second kappa shape index (κ2) is 6.63. The van der Waals surface area contributed by atoms with E-state index in [0.29, 0.717) is 27.1 Å². The number of nitrogens with zero attached hydrogens (tertiary/aromatic N) is 2. The van der Waals surface area contributed by atoms with E-state index in [1.54, 1.807) is 18.2 Å². The number of rotatable bonds is 5. The van der Waals surface area contributed by atoms with Crippen LogP contribution in [0.25, 0.3) is 10.6 Å². The summed E-state index contributed by atoms with van der Waals surface area (Å²) < 4.78 is 18.8. The van der Waals surface area contributed by atoms with E-state index in [-0.39, 0.29) is 11.8 Å².